The smallest absolute Gasteiger partial charge is 0.446 e. The summed E-state index contributed by atoms with van der Waals surface area (Å²) in [5.74, 6) is 0.139. The van der Waals surface area contributed by atoms with Crippen LogP contribution in [-0.2, 0) is 6.54 Å². The minimum Gasteiger partial charge on any atom is -0.497 e. The van der Waals surface area contributed by atoms with Gasteiger partial charge < -0.3 is 15.4 Å². The predicted octanol–water partition coefficient (Wildman–Crippen LogP) is 2.63. The van der Waals surface area contributed by atoms with Gasteiger partial charge in [0, 0.05) is 18.5 Å². The fourth-order valence-electron chi connectivity index (χ4n) is 1.35. The Labute approximate surface area is 113 Å². The lowest BCUT2D eigenvalue weighted by Crippen LogP contribution is -2.32. The number of nitrogens with one attached hydrogen (secondary N) is 1. The van der Waals surface area contributed by atoms with Crippen molar-refractivity contribution in [2.75, 3.05) is 14.2 Å². The van der Waals surface area contributed by atoms with Crippen molar-refractivity contribution < 1.29 is 17.9 Å². The van der Waals surface area contributed by atoms with Gasteiger partial charge in [0.05, 0.1) is 7.11 Å². The maximum Gasteiger partial charge on any atom is 0.446 e. The van der Waals surface area contributed by atoms with E-state index in [0.717, 1.165) is 0 Å². The molecule has 8 heteroatoms. The number of methoxy groups -OCH3 is 1. The van der Waals surface area contributed by atoms with Crippen LogP contribution in [-0.4, -0.2) is 30.5 Å². The Kier molecular flexibility index (Phi) is 4.93. The van der Waals surface area contributed by atoms with Gasteiger partial charge in [-0.2, -0.15) is 13.2 Å². The molecular weight excluding hydrogens is 279 g/mol. The first-order chi connectivity index (χ1) is 8.73. The van der Waals surface area contributed by atoms with E-state index in [0.29, 0.717) is 11.3 Å². The number of guanidine groups is 1. The van der Waals surface area contributed by atoms with E-state index in [1.54, 1.807) is 6.07 Å². The van der Waals surface area contributed by atoms with Crippen molar-refractivity contribution in [3.05, 3.63) is 23.8 Å². The van der Waals surface area contributed by atoms with Crippen LogP contribution in [0.3, 0.4) is 0 Å². The Morgan fingerprint density at radius 1 is 1.47 bits per heavy atom. The van der Waals surface area contributed by atoms with Crippen molar-refractivity contribution in [1.82, 2.24) is 4.90 Å². The number of ether oxygens (including phenoxy) is 1. The van der Waals surface area contributed by atoms with Gasteiger partial charge in [0.1, 0.15) is 5.75 Å². The van der Waals surface area contributed by atoms with Gasteiger partial charge in [0.15, 0.2) is 5.96 Å². The minimum atomic E-state index is -4.38. The SMILES string of the molecule is COc1ccc(CN(C)C(=N)N)c(SC(F)(F)F)c1. The van der Waals surface area contributed by atoms with Crippen LogP contribution < -0.4 is 10.5 Å². The van der Waals surface area contributed by atoms with E-state index in [9.17, 15) is 13.2 Å². The zero-order valence-electron chi connectivity index (χ0n) is 10.4. The summed E-state index contributed by atoms with van der Waals surface area (Å²) in [6.07, 6.45) is 0. The molecular formula is C11H14F3N3OS. The third-order valence-corrected chi connectivity index (χ3v) is 3.15. The van der Waals surface area contributed by atoms with Crippen LogP contribution in [0.4, 0.5) is 13.2 Å². The first-order valence-corrected chi connectivity index (χ1v) is 6.02. The van der Waals surface area contributed by atoms with E-state index < -0.39 is 5.51 Å². The zero-order valence-corrected chi connectivity index (χ0v) is 11.2. The molecule has 0 bridgehead atoms. The van der Waals surface area contributed by atoms with Crippen LogP contribution >= 0.6 is 11.8 Å². The average Bonchev–Trinajstić information content (AvgIpc) is 2.29. The summed E-state index contributed by atoms with van der Waals surface area (Å²) >= 11 is -0.207. The van der Waals surface area contributed by atoms with Crippen molar-refractivity contribution in [3.8, 4) is 5.75 Å². The second-order valence-corrected chi connectivity index (χ2v) is 4.87. The molecule has 0 saturated carbocycles. The van der Waals surface area contributed by atoms with E-state index >= 15 is 0 Å². The molecule has 0 unspecified atom stereocenters. The number of benzene rings is 1. The Morgan fingerprint density at radius 2 is 2.11 bits per heavy atom. The largest absolute Gasteiger partial charge is 0.497 e. The molecule has 1 rings (SSSR count). The first kappa shape index (κ1) is 15.5. The standard InChI is InChI=1S/C11H14F3N3OS/c1-17(10(15)16)6-7-3-4-8(18-2)5-9(7)19-11(12,13)14/h3-5H,6H2,1-2H3,(H3,15,16). The molecule has 0 aliphatic heterocycles. The van der Waals surface area contributed by atoms with E-state index in [1.807, 2.05) is 0 Å². The lowest BCUT2D eigenvalue weighted by atomic mass is 10.2. The molecule has 0 atom stereocenters. The van der Waals surface area contributed by atoms with E-state index in [-0.39, 0.29) is 29.2 Å². The van der Waals surface area contributed by atoms with Crippen molar-refractivity contribution in [2.45, 2.75) is 16.9 Å². The third-order valence-electron chi connectivity index (χ3n) is 2.32. The van der Waals surface area contributed by atoms with Crippen molar-refractivity contribution in [3.63, 3.8) is 0 Å². The normalized spacial score (nSPS) is 11.2. The molecule has 0 amide bonds. The van der Waals surface area contributed by atoms with E-state index in [4.69, 9.17) is 15.9 Å². The van der Waals surface area contributed by atoms with Gasteiger partial charge in [-0.05, 0) is 29.5 Å². The minimum absolute atomic E-state index is 0.0416. The summed E-state index contributed by atoms with van der Waals surface area (Å²) in [7, 11) is 2.92. The molecule has 3 N–H and O–H groups in total. The van der Waals surface area contributed by atoms with Crippen LogP contribution in [0.1, 0.15) is 5.56 Å². The summed E-state index contributed by atoms with van der Waals surface area (Å²) in [6, 6.07) is 4.43. The quantitative estimate of drug-likeness (QED) is 0.509. The van der Waals surface area contributed by atoms with Gasteiger partial charge in [-0.15, -0.1) is 0 Å². The molecule has 106 valence electrons. The number of nitrogens with two attached hydrogens (primary N) is 1. The van der Waals surface area contributed by atoms with Crippen LogP contribution in [0.25, 0.3) is 0 Å². The number of halogens is 3. The number of nitrogens with zero attached hydrogens (tertiary/aromatic N) is 1. The highest BCUT2D eigenvalue weighted by Crippen LogP contribution is 2.40. The van der Waals surface area contributed by atoms with Gasteiger partial charge >= 0.3 is 5.51 Å². The Hall–Kier alpha value is -1.57. The maximum atomic E-state index is 12.5. The van der Waals surface area contributed by atoms with Crippen molar-refractivity contribution in [2.24, 2.45) is 5.73 Å². The number of hydrogen-bond acceptors (Lipinski definition) is 3. The van der Waals surface area contributed by atoms with E-state index in [2.05, 4.69) is 0 Å². The van der Waals surface area contributed by atoms with Gasteiger partial charge in [-0.3, -0.25) is 5.41 Å². The molecule has 0 heterocycles. The summed E-state index contributed by atoms with van der Waals surface area (Å²) in [5.41, 5.74) is 1.32. The van der Waals surface area contributed by atoms with E-state index in [1.165, 1.54) is 31.2 Å². The Morgan fingerprint density at radius 3 is 2.58 bits per heavy atom. The number of thioether (sulfide) groups is 1. The molecule has 1 aromatic rings. The molecule has 0 saturated heterocycles. The highest BCUT2D eigenvalue weighted by molar-refractivity contribution is 8.00. The molecule has 0 radical (unpaired) electrons. The Bertz CT molecular complexity index is 465. The lowest BCUT2D eigenvalue weighted by Gasteiger charge is -2.19. The zero-order chi connectivity index (χ0) is 14.6. The summed E-state index contributed by atoms with van der Waals surface area (Å²) in [4.78, 5) is 1.39. The van der Waals surface area contributed by atoms with Crippen LogP contribution in [0.15, 0.2) is 23.1 Å². The number of alkyl halides is 3. The molecule has 0 spiro atoms. The molecule has 1 aromatic carbocycles. The topological polar surface area (TPSA) is 62.3 Å². The second kappa shape index (κ2) is 6.05. The molecule has 19 heavy (non-hydrogen) atoms. The molecule has 4 nitrogen and oxygen atoms in total. The average molecular weight is 293 g/mol. The molecule has 0 aromatic heterocycles. The van der Waals surface area contributed by atoms with Gasteiger partial charge in [0.25, 0.3) is 0 Å². The summed E-state index contributed by atoms with van der Waals surface area (Å²) in [5, 5.41) is 7.23. The number of hydrogen-bond donors (Lipinski definition) is 2. The van der Waals surface area contributed by atoms with Crippen LogP contribution in [0, 0.1) is 5.41 Å². The Balaban J connectivity index is 3.05. The fourth-order valence-corrected chi connectivity index (χ4v) is 2.04. The highest BCUT2D eigenvalue weighted by Gasteiger charge is 2.30. The van der Waals surface area contributed by atoms with Crippen molar-refractivity contribution >= 4 is 17.7 Å². The van der Waals surface area contributed by atoms with Gasteiger partial charge in [-0.25, -0.2) is 0 Å². The monoisotopic (exact) mass is 293 g/mol. The fraction of sp³-hybridized carbons (Fsp3) is 0.364. The lowest BCUT2D eigenvalue weighted by molar-refractivity contribution is -0.0328. The number of rotatable bonds is 4. The first-order valence-electron chi connectivity index (χ1n) is 5.20. The van der Waals surface area contributed by atoms with Crippen LogP contribution in [0.5, 0.6) is 5.75 Å². The predicted molar refractivity (Wildman–Crippen MR) is 68.3 cm³/mol. The second-order valence-electron chi connectivity index (χ2n) is 3.76. The molecule has 0 aliphatic rings. The van der Waals surface area contributed by atoms with Crippen molar-refractivity contribution in [1.29, 1.82) is 5.41 Å². The maximum absolute atomic E-state index is 12.5. The van der Waals surface area contributed by atoms with Gasteiger partial charge in [0.2, 0.25) is 0 Å². The summed E-state index contributed by atoms with van der Waals surface area (Å²) in [6.45, 7) is 0.123. The highest BCUT2D eigenvalue weighted by atomic mass is 32.2. The summed E-state index contributed by atoms with van der Waals surface area (Å²) < 4.78 is 42.4. The van der Waals surface area contributed by atoms with Crippen LogP contribution in [0.2, 0.25) is 0 Å². The van der Waals surface area contributed by atoms with Gasteiger partial charge in [-0.1, -0.05) is 6.07 Å². The molecule has 0 aliphatic carbocycles. The molecule has 0 fully saturated rings. The third kappa shape index (κ3) is 4.90.